The van der Waals surface area contributed by atoms with Gasteiger partial charge in [-0.05, 0) is 39.2 Å². The van der Waals surface area contributed by atoms with E-state index in [4.69, 9.17) is 9.73 Å². The van der Waals surface area contributed by atoms with Crippen LogP contribution in [0.25, 0.3) is 0 Å². The minimum absolute atomic E-state index is 0.0123. The Morgan fingerprint density at radius 3 is 2.83 bits per heavy atom. The Morgan fingerprint density at radius 1 is 1.27 bits per heavy atom. The van der Waals surface area contributed by atoms with Gasteiger partial charge in [0.2, 0.25) is 0 Å². The number of aromatic nitrogens is 2. The molecule has 0 spiro atoms. The molecule has 3 N–H and O–H groups in total. The molecule has 2 aromatic rings. The largest absolute Gasteiger partial charge is 0.375 e. The molecule has 3 aliphatic heterocycles. The van der Waals surface area contributed by atoms with Crippen molar-refractivity contribution in [2.24, 2.45) is 10.9 Å². The summed E-state index contributed by atoms with van der Waals surface area (Å²) in [6.45, 7) is 7.77. The van der Waals surface area contributed by atoms with E-state index in [2.05, 4.69) is 54.1 Å². The number of hydrogen-bond donors (Lipinski definition) is 3. The van der Waals surface area contributed by atoms with E-state index in [9.17, 15) is 4.79 Å². The highest BCUT2D eigenvalue weighted by atomic mass is 32.2. The molecule has 3 aliphatic rings. The highest BCUT2D eigenvalue weighted by Gasteiger charge is 2.42. The van der Waals surface area contributed by atoms with Gasteiger partial charge in [0, 0.05) is 19.1 Å². The van der Waals surface area contributed by atoms with E-state index in [1.165, 1.54) is 5.56 Å². The van der Waals surface area contributed by atoms with Crippen LogP contribution in [0.2, 0.25) is 0 Å². The number of aromatic amines is 1. The lowest BCUT2D eigenvalue weighted by Gasteiger charge is -2.36. The van der Waals surface area contributed by atoms with Gasteiger partial charge < -0.3 is 4.74 Å². The summed E-state index contributed by atoms with van der Waals surface area (Å²) in [5, 5.41) is 4.18. The number of benzene rings is 1. The van der Waals surface area contributed by atoms with Crippen LogP contribution in [-0.2, 0) is 4.74 Å². The zero-order chi connectivity index (χ0) is 20.9. The van der Waals surface area contributed by atoms with Crippen molar-refractivity contribution in [1.29, 1.82) is 0 Å². The molecule has 2 fully saturated rings. The maximum absolute atomic E-state index is 13.2. The number of H-pyrrole nitrogens is 1. The Morgan fingerprint density at radius 2 is 2.07 bits per heavy atom. The minimum Gasteiger partial charge on any atom is -0.375 e. The van der Waals surface area contributed by atoms with Gasteiger partial charge in [-0.1, -0.05) is 30.3 Å². The van der Waals surface area contributed by atoms with Gasteiger partial charge in [-0.25, -0.2) is 10.4 Å². The molecule has 4 unspecified atom stereocenters. The molecule has 4 atom stereocenters. The predicted molar refractivity (Wildman–Crippen MR) is 120 cm³/mol. The van der Waals surface area contributed by atoms with Gasteiger partial charge in [0.25, 0.3) is 5.56 Å². The molecule has 7 nitrogen and oxygen atoms in total. The van der Waals surface area contributed by atoms with Crippen LogP contribution in [0.5, 0.6) is 0 Å². The van der Waals surface area contributed by atoms with Crippen LogP contribution in [-0.4, -0.2) is 33.6 Å². The fourth-order valence-corrected chi connectivity index (χ4v) is 6.28. The molecule has 0 aliphatic carbocycles. The standard InChI is InChI=1S/C22H29N5O2S/c1-13-24-20-17(21(28)26-27(20)15-9-10-29-22(2,3)11-15)19(30-13)16-12-23-25-18(16)14-7-5-4-6-8-14/h4-8,15-16,18-19,23,25H,9-12H2,1-3H3,(H,26,28). The van der Waals surface area contributed by atoms with Crippen LogP contribution in [0.15, 0.2) is 40.1 Å². The molecule has 1 aromatic carbocycles. The second-order valence-corrected chi connectivity index (χ2v) is 10.4. The Kier molecular flexibility index (Phi) is 5.13. The van der Waals surface area contributed by atoms with Crippen molar-refractivity contribution in [2.75, 3.05) is 13.2 Å². The third-order valence-electron chi connectivity index (χ3n) is 6.39. The molecule has 2 saturated heterocycles. The lowest BCUT2D eigenvalue weighted by atomic mass is 9.89. The maximum Gasteiger partial charge on any atom is 0.270 e. The first kappa shape index (κ1) is 20.1. The van der Waals surface area contributed by atoms with Crippen LogP contribution >= 0.6 is 11.8 Å². The second kappa shape index (κ2) is 7.67. The number of nitrogens with zero attached hydrogens (tertiary/aromatic N) is 2. The fourth-order valence-electron chi connectivity index (χ4n) is 5.01. The zero-order valence-corrected chi connectivity index (χ0v) is 18.5. The van der Waals surface area contributed by atoms with Crippen LogP contribution in [0, 0.1) is 5.92 Å². The Balaban J connectivity index is 1.53. The Labute approximate surface area is 180 Å². The number of hydrazine groups is 1. The van der Waals surface area contributed by atoms with E-state index in [-0.39, 0.29) is 34.4 Å². The van der Waals surface area contributed by atoms with Gasteiger partial charge in [0.1, 0.15) is 0 Å². The highest BCUT2D eigenvalue weighted by Crippen LogP contribution is 2.49. The molecule has 0 amide bonds. The monoisotopic (exact) mass is 427 g/mol. The minimum atomic E-state index is -0.198. The molecule has 0 radical (unpaired) electrons. The number of aliphatic imine (C=N–C) groups is 1. The average molecular weight is 428 g/mol. The number of thioether (sulfide) groups is 1. The molecule has 0 bridgehead atoms. The first-order valence-corrected chi connectivity index (χ1v) is 11.5. The van der Waals surface area contributed by atoms with E-state index in [1.807, 2.05) is 17.7 Å². The van der Waals surface area contributed by atoms with Crippen molar-refractivity contribution in [3.05, 3.63) is 51.8 Å². The quantitative estimate of drug-likeness (QED) is 0.697. The summed E-state index contributed by atoms with van der Waals surface area (Å²) in [6, 6.07) is 10.8. The van der Waals surface area contributed by atoms with Crippen LogP contribution < -0.4 is 16.4 Å². The Hall–Kier alpha value is -1.87. The van der Waals surface area contributed by atoms with Crippen molar-refractivity contribution >= 4 is 22.6 Å². The van der Waals surface area contributed by atoms with Crippen molar-refractivity contribution in [3.63, 3.8) is 0 Å². The molecular formula is C22H29N5O2S. The fraction of sp³-hybridized carbons (Fsp3) is 0.545. The summed E-state index contributed by atoms with van der Waals surface area (Å²) in [7, 11) is 0. The smallest absolute Gasteiger partial charge is 0.270 e. The summed E-state index contributed by atoms with van der Waals surface area (Å²) < 4.78 is 7.91. The normalized spacial score (nSPS) is 30.7. The topological polar surface area (TPSA) is 83.4 Å². The van der Waals surface area contributed by atoms with Gasteiger partial charge in [-0.2, -0.15) is 0 Å². The lowest BCUT2D eigenvalue weighted by molar-refractivity contribution is -0.0705. The SMILES string of the molecule is CC1=Nc2c(c(=O)[nH]n2C2CCOC(C)(C)C2)C(C2CNNC2c2ccccc2)S1. The second-order valence-electron chi connectivity index (χ2n) is 9.05. The van der Waals surface area contributed by atoms with Gasteiger partial charge in [-0.3, -0.25) is 20.0 Å². The third-order valence-corrected chi connectivity index (χ3v) is 7.66. The van der Waals surface area contributed by atoms with E-state index in [0.29, 0.717) is 6.61 Å². The third kappa shape index (κ3) is 3.56. The van der Waals surface area contributed by atoms with E-state index in [1.54, 1.807) is 11.8 Å². The molecule has 30 heavy (non-hydrogen) atoms. The molecule has 0 saturated carbocycles. The maximum atomic E-state index is 13.2. The van der Waals surface area contributed by atoms with Gasteiger partial charge in [0.05, 0.1) is 33.5 Å². The summed E-state index contributed by atoms with van der Waals surface area (Å²) in [5.74, 6) is 1.05. The lowest BCUT2D eigenvalue weighted by Crippen LogP contribution is -2.35. The van der Waals surface area contributed by atoms with E-state index < -0.39 is 0 Å². The summed E-state index contributed by atoms with van der Waals surface area (Å²) >= 11 is 1.71. The highest BCUT2D eigenvalue weighted by molar-refractivity contribution is 8.14. The number of ether oxygens (including phenoxy) is 1. The summed E-state index contributed by atoms with van der Waals surface area (Å²) in [6.07, 6.45) is 1.74. The molecule has 1 aromatic heterocycles. The summed E-state index contributed by atoms with van der Waals surface area (Å²) in [5.41, 5.74) is 8.59. The van der Waals surface area contributed by atoms with Crippen molar-refractivity contribution < 1.29 is 4.74 Å². The first-order valence-electron chi connectivity index (χ1n) is 10.7. The first-order chi connectivity index (χ1) is 14.4. The van der Waals surface area contributed by atoms with E-state index in [0.717, 1.165) is 35.8 Å². The molecular weight excluding hydrogens is 398 g/mol. The van der Waals surface area contributed by atoms with Crippen LogP contribution in [0.4, 0.5) is 5.82 Å². The van der Waals surface area contributed by atoms with Gasteiger partial charge >= 0.3 is 0 Å². The number of rotatable bonds is 3. The summed E-state index contributed by atoms with van der Waals surface area (Å²) in [4.78, 5) is 18.0. The average Bonchev–Trinajstić information content (AvgIpc) is 3.32. The van der Waals surface area contributed by atoms with Crippen molar-refractivity contribution in [3.8, 4) is 0 Å². The molecule has 160 valence electrons. The number of hydrogen-bond acceptors (Lipinski definition) is 6. The number of fused-ring (bicyclic) bond motifs is 1. The van der Waals surface area contributed by atoms with Crippen molar-refractivity contribution in [2.45, 2.75) is 56.5 Å². The Bertz CT molecular complexity index is 1010. The number of nitrogens with one attached hydrogen (secondary N) is 3. The van der Waals surface area contributed by atoms with Crippen molar-refractivity contribution in [1.82, 2.24) is 20.6 Å². The molecule has 5 rings (SSSR count). The zero-order valence-electron chi connectivity index (χ0n) is 17.6. The molecule has 8 heteroatoms. The van der Waals surface area contributed by atoms with Gasteiger partial charge in [0.15, 0.2) is 5.82 Å². The van der Waals surface area contributed by atoms with E-state index >= 15 is 0 Å². The van der Waals surface area contributed by atoms with Gasteiger partial charge in [-0.15, -0.1) is 11.8 Å². The molecule has 4 heterocycles. The van der Waals surface area contributed by atoms with Crippen LogP contribution in [0.3, 0.4) is 0 Å². The predicted octanol–water partition coefficient (Wildman–Crippen LogP) is 3.61. The van der Waals surface area contributed by atoms with Crippen LogP contribution in [0.1, 0.15) is 62.1 Å².